The van der Waals surface area contributed by atoms with Gasteiger partial charge in [0.1, 0.15) is 6.04 Å². The number of nitrogens with one attached hydrogen (secondary N) is 1. The number of carbonyl (C=O) groups is 4. The van der Waals surface area contributed by atoms with Crippen LogP contribution in [0.1, 0.15) is 48.5 Å². The van der Waals surface area contributed by atoms with E-state index in [1.165, 1.54) is 39.0 Å². The van der Waals surface area contributed by atoms with Gasteiger partial charge < -0.3 is 19.9 Å². The number of piperidine rings is 1. The Hall–Kier alpha value is -4.61. The predicted octanol–water partition coefficient (Wildman–Crippen LogP) is 4.60. The first kappa shape index (κ1) is 30.8. The fraction of sp³-hybridized carbons (Fsp3) is 0.375. The van der Waals surface area contributed by atoms with Gasteiger partial charge in [0.15, 0.2) is 0 Å². The first-order valence-corrected chi connectivity index (χ1v) is 14.5. The molecule has 9 nitrogen and oxygen atoms in total. The molecule has 0 aliphatic carbocycles. The van der Waals surface area contributed by atoms with Crippen molar-refractivity contribution in [3.8, 4) is 0 Å². The Labute approximate surface area is 252 Å². The SMILES string of the molecule is C=CCN1C(=O)NC(c2ccccc2C(F)(F)F)C2=C1CN(C(C(=O)N1CCCC(C(=O)OCC)C1)c1ccccc1)C2=O. The van der Waals surface area contributed by atoms with Crippen molar-refractivity contribution in [2.24, 2.45) is 5.92 Å². The van der Waals surface area contributed by atoms with Gasteiger partial charge in [-0.05, 0) is 37.0 Å². The first-order chi connectivity index (χ1) is 21.1. The second-order valence-corrected chi connectivity index (χ2v) is 10.8. The zero-order valence-electron chi connectivity index (χ0n) is 24.2. The fourth-order valence-corrected chi connectivity index (χ4v) is 6.18. The van der Waals surface area contributed by atoms with E-state index in [1.54, 1.807) is 37.3 Å². The molecule has 0 radical (unpaired) electrons. The minimum absolute atomic E-state index is 0.00325. The van der Waals surface area contributed by atoms with Gasteiger partial charge in [0, 0.05) is 19.6 Å². The number of rotatable bonds is 8. The Morgan fingerprint density at radius 3 is 2.50 bits per heavy atom. The summed E-state index contributed by atoms with van der Waals surface area (Å²) in [6, 6.07) is 10.1. The summed E-state index contributed by atoms with van der Waals surface area (Å²) >= 11 is 0. The Balaban J connectivity index is 1.56. The van der Waals surface area contributed by atoms with Gasteiger partial charge in [-0.25, -0.2) is 4.79 Å². The van der Waals surface area contributed by atoms with Crippen LogP contribution < -0.4 is 5.32 Å². The van der Waals surface area contributed by atoms with E-state index in [0.717, 1.165) is 6.07 Å². The van der Waals surface area contributed by atoms with Crippen LogP contribution in [-0.4, -0.2) is 71.3 Å². The molecule has 0 spiro atoms. The zero-order chi connectivity index (χ0) is 31.6. The highest BCUT2D eigenvalue weighted by Gasteiger charge is 2.50. The lowest BCUT2D eigenvalue weighted by Crippen LogP contribution is -2.49. The van der Waals surface area contributed by atoms with Gasteiger partial charge in [0.25, 0.3) is 5.91 Å². The zero-order valence-corrected chi connectivity index (χ0v) is 24.2. The molecule has 0 aromatic heterocycles. The summed E-state index contributed by atoms with van der Waals surface area (Å²) in [5.74, 6) is -2.01. The van der Waals surface area contributed by atoms with Gasteiger partial charge in [0.2, 0.25) is 5.91 Å². The van der Waals surface area contributed by atoms with Crippen LogP contribution in [0.4, 0.5) is 18.0 Å². The van der Waals surface area contributed by atoms with Crippen LogP contribution in [0.3, 0.4) is 0 Å². The van der Waals surface area contributed by atoms with Crippen molar-refractivity contribution in [1.29, 1.82) is 0 Å². The van der Waals surface area contributed by atoms with E-state index in [-0.39, 0.29) is 43.1 Å². The number of hydrogen-bond donors (Lipinski definition) is 1. The second kappa shape index (κ2) is 12.6. The molecule has 12 heteroatoms. The number of nitrogens with zero attached hydrogens (tertiary/aromatic N) is 3. The summed E-state index contributed by atoms with van der Waals surface area (Å²) in [6.07, 6.45) is -2.18. The lowest BCUT2D eigenvalue weighted by Gasteiger charge is -2.37. The summed E-state index contributed by atoms with van der Waals surface area (Å²) in [6.45, 7) is 5.87. The highest BCUT2D eigenvalue weighted by Crippen LogP contribution is 2.43. The van der Waals surface area contributed by atoms with Crippen LogP contribution in [0.2, 0.25) is 0 Å². The van der Waals surface area contributed by atoms with Crippen molar-refractivity contribution in [3.63, 3.8) is 0 Å². The summed E-state index contributed by atoms with van der Waals surface area (Å²) < 4.78 is 47.4. The third kappa shape index (κ3) is 5.80. The second-order valence-electron chi connectivity index (χ2n) is 10.8. The third-order valence-electron chi connectivity index (χ3n) is 8.15. The molecule has 232 valence electrons. The number of ether oxygens (including phenoxy) is 1. The van der Waals surface area contributed by atoms with E-state index in [2.05, 4.69) is 11.9 Å². The summed E-state index contributed by atoms with van der Waals surface area (Å²) in [5, 5.41) is 2.59. The molecular formula is C32H33F3N4O5. The Bertz CT molecular complexity index is 1490. The van der Waals surface area contributed by atoms with Crippen molar-refractivity contribution in [3.05, 3.63) is 95.2 Å². The van der Waals surface area contributed by atoms with Crippen LogP contribution in [-0.2, 0) is 25.3 Å². The van der Waals surface area contributed by atoms with E-state index < -0.39 is 53.6 Å². The van der Waals surface area contributed by atoms with Crippen LogP contribution in [0.15, 0.2) is 78.5 Å². The monoisotopic (exact) mass is 610 g/mol. The largest absolute Gasteiger partial charge is 0.466 e. The van der Waals surface area contributed by atoms with Gasteiger partial charge in [-0.15, -0.1) is 6.58 Å². The summed E-state index contributed by atoms with van der Waals surface area (Å²) in [7, 11) is 0. The standard InChI is InChI=1S/C32H33F3N4O5/c1-3-16-38-24-19-39(28(40)25(24)26(36-31(38)43)22-14-8-9-15-23(22)32(33,34)35)27(20-11-6-5-7-12-20)29(41)37-17-10-13-21(18-37)30(42)44-4-2/h3,5-9,11-12,14-15,21,26-27H,1,4,10,13,16-19H2,2H3,(H,36,43). The molecule has 2 aromatic rings. The number of esters is 1. The molecule has 3 aliphatic rings. The van der Waals surface area contributed by atoms with Crippen molar-refractivity contribution in [2.75, 3.05) is 32.8 Å². The van der Waals surface area contributed by atoms with Crippen LogP contribution in [0.5, 0.6) is 0 Å². The topological polar surface area (TPSA) is 99.3 Å². The molecule has 3 aliphatic heterocycles. The fourth-order valence-electron chi connectivity index (χ4n) is 6.18. The quantitative estimate of drug-likeness (QED) is 0.348. The average Bonchev–Trinajstić information content (AvgIpc) is 3.35. The lowest BCUT2D eigenvalue weighted by atomic mass is 9.91. The van der Waals surface area contributed by atoms with Crippen molar-refractivity contribution in [2.45, 2.75) is 38.0 Å². The maximum atomic E-state index is 14.3. The van der Waals surface area contributed by atoms with Crippen molar-refractivity contribution < 1.29 is 37.1 Å². The number of amides is 4. The molecule has 1 fully saturated rings. The van der Waals surface area contributed by atoms with Gasteiger partial charge in [-0.2, -0.15) is 13.2 Å². The average molecular weight is 611 g/mol. The van der Waals surface area contributed by atoms with Gasteiger partial charge in [-0.3, -0.25) is 19.3 Å². The molecule has 5 rings (SSSR count). The Morgan fingerprint density at radius 1 is 1.11 bits per heavy atom. The first-order valence-electron chi connectivity index (χ1n) is 14.5. The third-order valence-corrected chi connectivity index (χ3v) is 8.15. The molecule has 0 bridgehead atoms. The highest BCUT2D eigenvalue weighted by molar-refractivity contribution is 6.04. The van der Waals surface area contributed by atoms with Gasteiger partial charge in [0.05, 0.1) is 41.9 Å². The van der Waals surface area contributed by atoms with E-state index in [4.69, 9.17) is 4.74 Å². The number of likely N-dealkylation sites (tertiary alicyclic amines) is 1. The van der Waals surface area contributed by atoms with Crippen molar-refractivity contribution >= 4 is 23.8 Å². The van der Waals surface area contributed by atoms with Crippen LogP contribution >= 0.6 is 0 Å². The number of hydrogen-bond acceptors (Lipinski definition) is 5. The Morgan fingerprint density at radius 2 is 1.82 bits per heavy atom. The normalized spacial score (nSPS) is 21.1. The molecular weight excluding hydrogens is 577 g/mol. The number of alkyl halides is 3. The molecule has 3 heterocycles. The molecule has 44 heavy (non-hydrogen) atoms. The highest BCUT2D eigenvalue weighted by atomic mass is 19.4. The molecule has 3 atom stereocenters. The number of benzene rings is 2. The van der Waals surface area contributed by atoms with Gasteiger partial charge >= 0.3 is 18.2 Å². The van der Waals surface area contributed by atoms with Crippen molar-refractivity contribution in [1.82, 2.24) is 20.0 Å². The molecule has 1 N–H and O–H groups in total. The van der Waals surface area contributed by atoms with Gasteiger partial charge in [-0.1, -0.05) is 54.6 Å². The maximum absolute atomic E-state index is 14.3. The minimum atomic E-state index is -4.74. The summed E-state index contributed by atoms with van der Waals surface area (Å²) in [4.78, 5) is 58.5. The van der Waals surface area contributed by atoms with E-state index in [9.17, 15) is 32.3 Å². The predicted molar refractivity (Wildman–Crippen MR) is 153 cm³/mol. The Kier molecular flexibility index (Phi) is 8.80. The smallest absolute Gasteiger partial charge is 0.416 e. The number of urea groups is 1. The maximum Gasteiger partial charge on any atom is 0.416 e. The van der Waals surface area contributed by atoms with Crippen LogP contribution in [0.25, 0.3) is 0 Å². The van der Waals surface area contributed by atoms with E-state index in [1.807, 2.05) is 0 Å². The minimum Gasteiger partial charge on any atom is -0.466 e. The molecule has 4 amide bonds. The molecule has 2 aromatic carbocycles. The number of carbonyl (C=O) groups excluding carboxylic acids is 4. The molecule has 0 saturated carbocycles. The lowest BCUT2D eigenvalue weighted by molar-refractivity contribution is -0.153. The van der Waals surface area contributed by atoms with E-state index in [0.29, 0.717) is 24.9 Å². The van der Waals surface area contributed by atoms with E-state index >= 15 is 0 Å². The molecule has 1 saturated heterocycles. The number of halogens is 3. The van der Waals surface area contributed by atoms with Crippen LogP contribution in [0, 0.1) is 5.92 Å². The molecule has 3 unspecified atom stereocenters. The summed E-state index contributed by atoms with van der Waals surface area (Å²) in [5.41, 5.74) is -0.595.